The number of carbonyl (C=O) groups excluding carboxylic acids is 2. The number of carbonyl (C=O) groups is 2. The van der Waals surface area contributed by atoms with Crippen LogP contribution >= 0.6 is 0 Å². The average Bonchev–Trinajstić information content (AvgIpc) is 2.31. The van der Waals surface area contributed by atoms with E-state index in [2.05, 4.69) is 0 Å². The summed E-state index contributed by atoms with van der Waals surface area (Å²) in [5, 5.41) is 1.81. The van der Waals surface area contributed by atoms with Gasteiger partial charge in [-0.3, -0.25) is 9.59 Å². The van der Waals surface area contributed by atoms with Crippen LogP contribution < -0.4 is 5.32 Å². The first-order valence-electron chi connectivity index (χ1n) is 5.88. The van der Waals surface area contributed by atoms with Crippen molar-refractivity contribution in [3.63, 3.8) is 0 Å². The molecule has 1 saturated heterocycles. The minimum atomic E-state index is -5.01. The molecule has 1 rings (SSSR count). The van der Waals surface area contributed by atoms with E-state index in [1.807, 2.05) is 5.32 Å². The lowest BCUT2D eigenvalue weighted by molar-refractivity contribution is -0.226. The van der Waals surface area contributed by atoms with E-state index in [-0.39, 0.29) is 6.42 Å². The molecule has 0 aliphatic carbocycles. The third kappa shape index (κ3) is 4.34. The molecule has 0 saturated carbocycles. The Morgan fingerprint density at radius 2 is 1.95 bits per heavy atom. The normalized spacial score (nSPS) is 30.7. The van der Waals surface area contributed by atoms with Crippen molar-refractivity contribution in [2.24, 2.45) is 0 Å². The minimum absolute atomic E-state index is 0.0550. The number of nitrogens with one attached hydrogen (secondary N) is 1. The smallest absolute Gasteiger partial charge is 0.458 e. The highest BCUT2D eigenvalue weighted by atomic mass is 19.4. The molecule has 1 amide bonds. The molecule has 0 aromatic heterocycles. The first kappa shape index (κ1) is 16.7. The number of esters is 1. The van der Waals surface area contributed by atoms with E-state index < -0.39 is 42.6 Å². The molecule has 116 valence electrons. The Morgan fingerprint density at radius 3 is 2.40 bits per heavy atom. The highest BCUT2D eigenvalue weighted by Crippen LogP contribution is 2.25. The number of hydrogen-bond acceptors (Lipinski definition) is 5. The van der Waals surface area contributed by atoms with E-state index in [4.69, 9.17) is 14.2 Å². The summed E-state index contributed by atoms with van der Waals surface area (Å²) in [5.74, 6) is -2.77. The van der Waals surface area contributed by atoms with Gasteiger partial charge in [-0.2, -0.15) is 13.2 Å². The molecule has 0 bridgehead atoms. The molecule has 1 aliphatic heterocycles. The van der Waals surface area contributed by atoms with Crippen LogP contribution in [0.1, 0.15) is 20.3 Å². The van der Waals surface area contributed by atoms with Gasteiger partial charge >= 0.3 is 18.1 Å². The first-order valence-corrected chi connectivity index (χ1v) is 5.88. The van der Waals surface area contributed by atoms with Gasteiger partial charge in [0, 0.05) is 20.5 Å². The molecular formula is C11H16F3NO5. The third-order valence-electron chi connectivity index (χ3n) is 2.81. The second-order valence-electron chi connectivity index (χ2n) is 4.39. The van der Waals surface area contributed by atoms with Crippen LogP contribution in [0.3, 0.4) is 0 Å². The molecule has 4 atom stereocenters. The predicted molar refractivity (Wildman–Crippen MR) is 59.5 cm³/mol. The van der Waals surface area contributed by atoms with E-state index >= 15 is 0 Å². The van der Waals surface area contributed by atoms with Crippen molar-refractivity contribution in [2.45, 2.75) is 51.0 Å². The van der Waals surface area contributed by atoms with Crippen LogP contribution in [0.5, 0.6) is 0 Å². The largest absolute Gasteiger partial charge is 0.471 e. The number of amides is 1. The fourth-order valence-electron chi connectivity index (χ4n) is 1.95. The Kier molecular flexibility index (Phi) is 5.35. The van der Waals surface area contributed by atoms with Crippen molar-refractivity contribution in [1.82, 2.24) is 5.32 Å². The lowest BCUT2D eigenvalue weighted by Crippen LogP contribution is -2.58. The van der Waals surface area contributed by atoms with Gasteiger partial charge in [0.15, 0.2) is 6.29 Å². The summed E-state index contributed by atoms with van der Waals surface area (Å²) in [7, 11) is 1.33. The van der Waals surface area contributed by atoms with Crippen molar-refractivity contribution >= 4 is 11.9 Å². The molecule has 1 heterocycles. The maximum absolute atomic E-state index is 12.3. The SMILES string of the molecule is CO[C@H]1C[C@H](NC(=O)C(F)(F)F)[C@H](OC(C)=O)[C@H](C)O1. The van der Waals surface area contributed by atoms with Crippen LogP contribution in [0.2, 0.25) is 0 Å². The van der Waals surface area contributed by atoms with Crippen LogP contribution in [-0.2, 0) is 23.8 Å². The summed E-state index contributed by atoms with van der Waals surface area (Å²) in [6, 6.07) is -1.04. The highest BCUT2D eigenvalue weighted by Gasteiger charge is 2.45. The van der Waals surface area contributed by atoms with Crippen molar-refractivity contribution in [3.8, 4) is 0 Å². The number of alkyl halides is 3. The monoisotopic (exact) mass is 299 g/mol. The summed E-state index contributed by atoms with van der Waals surface area (Å²) in [4.78, 5) is 22.0. The topological polar surface area (TPSA) is 73.9 Å². The van der Waals surface area contributed by atoms with Crippen LogP contribution in [0, 0.1) is 0 Å². The van der Waals surface area contributed by atoms with Gasteiger partial charge < -0.3 is 19.5 Å². The zero-order valence-electron chi connectivity index (χ0n) is 11.2. The first-order chi connectivity index (χ1) is 9.15. The summed E-state index contributed by atoms with van der Waals surface area (Å²) < 4.78 is 52.0. The number of methoxy groups -OCH3 is 1. The Hall–Kier alpha value is -1.35. The molecule has 9 heteroatoms. The second kappa shape index (κ2) is 6.40. The number of ether oxygens (including phenoxy) is 3. The second-order valence-corrected chi connectivity index (χ2v) is 4.39. The maximum Gasteiger partial charge on any atom is 0.471 e. The molecule has 0 aromatic carbocycles. The summed E-state index contributed by atoms with van der Waals surface area (Å²) >= 11 is 0. The molecule has 1 N–H and O–H groups in total. The lowest BCUT2D eigenvalue weighted by Gasteiger charge is -2.39. The van der Waals surface area contributed by atoms with Gasteiger partial charge in [-0.15, -0.1) is 0 Å². The number of rotatable bonds is 3. The van der Waals surface area contributed by atoms with Crippen LogP contribution in [0.4, 0.5) is 13.2 Å². The Balaban J connectivity index is 2.83. The van der Waals surface area contributed by atoms with E-state index in [0.717, 1.165) is 6.92 Å². The van der Waals surface area contributed by atoms with Crippen molar-refractivity contribution in [1.29, 1.82) is 0 Å². The minimum Gasteiger partial charge on any atom is -0.458 e. The number of hydrogen-bond donors (Lipinski definition) is 1. The highest BCUT2D eigenvalue weighted by molar-refractivity contribution is 5.82. The maximum atomic E-state index is 12.3. The predicted octanol–water partition coefficient (Wildman–Crippen LogP) is 0.746. The Bertz CT molecular complexity index is 374. The van der Waals surface area contributed by atoms with Crippen LogP contribution in [0.25, 0.3) is 0 Å². The fraction of sp³-hybridized carbons (Fsp3) is 0.818. The Labute approximate surface area is 113 Å². The van der Waals surface area contributed by atoms with Crippen molar-refractivity contribution in [3.05, 3.63) is 0 Å². The molecular weight excluding hydrogens is 283 g/mol. The van der Waals surface area contributed by atoms with Gasteiger partial charge in [0.1, 0.15) is 6.10 Å². The zero-order valence-corrected chi connectivity index (χ0v) is 11.2. The lowest BCUT2D eigenvalue weighted by atomic mass is 9.99. The van der Waals surface area contributed by atoms with Gasteiger partial charge in [-0.05, 0) is 6.92 Å². The molecule has 0 aromatic rings. The van der Waals surface area contributed by atoms with E-state index in [0.29, 0.717) is 0 Å². The fourth-order valence-corrected chi connectivity index (χ4v) is 1.95. The summed E-state index contributed by atoms with van der Waals surface area (Å²) in [6.45, 7) is 2.64. The summed E-state index contributed by atoms with van der Waals surface area (Å²) in [6.07, 6.45) is -7.57. The van der Waals surface area contributed by atoms with Crippen molar-refractivity contribution < 1.29 is 37.0 Å². The van der Waals surface area contributed by atoms with E-state index in [1.165, 1.54) is 14.0 Å². The molecule has 20 heavy (non-hydrogen) atoms. The number of halogens is 3. The van der Waals surface area contributed by atoms with Crippen molar-refractivity contribution in [2.75, 3.05) is 7.11 Å². The Morgan fingerprint density at radius 1 is 1.35 bits per heavy atom. The molecule has 0 spiro atoms. The average molecular weight is 299 g/mol. The van der Waals surface area contributed by atoms with E-state index in [1.54, 1.807) is 0 Å². The van der Waals surface area contributed by atoms with E-state index in [9.17, 15) is 22.8 Å². The van der Waals surface area contributed by atoms with Gasteiger partial charge in [0.25, 0.3) is 0 Å². The quantitative estimate of drug-likeness (QED) is 0.778. The molecule has 1 aliphatic rings. The van der Waals surface area contributed by atoms with Gasteiger partial charge in [-0.25, -0.2) is 0 Å². The summed E-state index contributed by atoms with van der Waals surface area (Å²) in [5.41, 5.74) is 0. The molecule has 0 radical (unpaired) electrons. The van der Waals surface area contributed by atoms with Gasteiger partial charge in [-0.1, -0.05) is 0 Å². The van der Waals surface area contributed by atoms with Gasteiger partial charge in [0.2, 0.25) is 0 Å². The third-order valence-corrected chi connectivity index (χ3v) is 2.81. The van der Waals surface area contributed by atoms with Gasteiger partial charge in [0.05, 0.1) is 12.1 Å². The zero-order chi connectivity index (χ0) is 15.5. The standard InChI is InChI=1S/C11H16F3NO5/c1-5-9(20-6(2)16)7(4-8(18-3)19-5)15-10(17)11(12,13)14/h5,7-9H,4H2,1-3H3,(H,15,17)/t5-,7-,8+,9+/m0/s1. The molecule has 0 unspecified atom stereocenters. The molecule has 1 fully saturated rings. The molecule has 6 nitrogen and oxygen atoms in total. The van der Waals surface area contributed by atoms with Crippen LogP contribution in [-0.4, -0.2) is 49.7 Å². The van der Waals surface area contributed by atoms with Crippen LogP contribution in [0.15, 0.2) is 0 Å².